The van der Waals surface area contributed by atoms with Crippen LogP contribution in [0.1, 0.15) is 35.8 Å². The van der Waals surface area contributed by atoms with Crippen molar-refractivity contribution < 1.29 is 13.6 Å². The third-order valence-electron chi connectivity index (χ3n) is 4.04. The zero-order valence-electron chi connectivity index (χ0n) is 14.7. The predicted molar refractivity (Wildman–Crippen MR) is 98.2 cm³/mol. The highest BCUT2D eigenvalue weighted by Gasteiger charge is 2.16. The summed E-state index contributed by atoms with van der Waals surface area (Å²) in [5.74, 6) is -1.63. The van der Waals surface area contributed by atoms with E-state index in [1.54, 1.807) is 12.1 Å². The van der Waals surface area contributed by atoms with E-state index in [1.165, 1.54) is 47.3 Å². The van der Waals surface area contributed by atoms with Crippen molar-refractivity contribution in [2.24, 2.45) is 0 Å². The van der Waals surface area contributed by atoms with Crippen LogP contribution < -0.4 is 10.9 Å². The molecule has 0 spiro atoms. The first-order chi connectivity index (χ1) is 12.9. The van der Waals surface area contributed by atoms with Gasteiger partial charge < -0.3 is 5.32 Å². The van der Waals surface area contributed by atoms with Crippen molar-refractivity contribution in [3.05, 3.63) is 88.1 Å². The van der Waals surface area contributed by atoms with Crippen LogP contribution in [0.5, 0.6) is 0 Å². The SMILES string of the molecule is CC(C)c1ccc(NC(=O)c2nccn(-c3ccc(F)cc3)c2=O)cc1F. The molecule has 0 bridgehead atoms. The summed E-state index contributed by atoms with van der Waals surface area (Å²) in [6.45, 7) is 3.73. The average molecular weight is 369 g/mol. The molecule has 1 N–H and O–H groups in total. The molecular weight excluding hydrogens is 352 g/mol. The number of amides is 1. The smallest absolute Gasteiger partial charge is 0.286 e. The van der Waals surface area contributed by atoms with E-state index in [1.807, 2.05) is 13.8 Å². The molecule has 0 aliphatic carbocycles. The fourth-order valence-corrected chi connectivity index (χ4v) is 2.64. The third-order valence-corrected chi connectivity index (χ3v) is 4.04. The number of carbonyl (C=O) groups excluding carboxylic acids is 1. The van der Waals surface area contributed by atoms with Gasteiger partial charge in [-0.25, -0.2) is 13.8 Å². The molecule has 0 saturated heterocycles. The Bertz CT molecular complexity index is 1040. The molecular formula is C20H17F2N3O2. The number of anilines is 1. The van der Waals surface area contributed by atoms with Gasteiger partial charge in [0.2, 0.25) is 0 Å². The number of hydrogen-bond acceptors (Lipinski definition) is 3. The highest BCUT2D eigenvalue weighted by atomic mass is 19.1. The molecule has 27 heavy (non-hydrogen) atoms. The lowest BCUT2D eigenvalue weighted by Crippen LogP contribution is -2.29. The van der Waals surface area contributed by atoms with E-state index >= 15 is 0 Å². The minimum Gasteiger partial charge on any atom is -0.320 e. The summed E-state index contributed by atoms with van der Waals surface area (Å²) in [4.78, 5) is 28.8. The van der Waals surface area contributed by atoms with Crippen molar-refractivity contribution in [1.82, 2.24) is 9.55 Å². The summed E-state index contributed by atoms with van der Waals surface area (Å²) in [5, 5.41) is 2.48. The zero-order chi connectivity index (χ0) is 19.6. The topological polar surface area (TPSA) is 64.0 Å². The second kappa shape index (κ2) is 7.49. The Morgan fingerprint density at radius 2 is 1.81 bits per heavy atom. The van der Waals surface area contributed by atoms with Crippen molar-refractivity contribution in [2.45, 2.75) is 19.8 Å². The van der Waals surface area contributed by atoms with Gasteiger partial charge in [0, 0.05) is 23.8 Å². The molecule has 1 aromatic heterocycles. The Balaban J connectivity index is 1.90. The standard InChI is InChI=1S/C20H17F2N3O2/c1-12(2)16-8-5-14(11-17(16)22)24-19(26)18-20(27)25(10-9-23-18)15-6-3-13(21)4-7-15/h3-12H,1-2H3,(H,24,26). The summed E-state index contributed by atoms with van der Waals surface area (Å²) in [7, 11) is 0. The fourth-order valence-electron chi connectivity index (χ4n) is 2.64. The van der Waals surface area contributed by atoms with Gasteiger partial charge in [-0.2, -0.15) is 0 Å². The number of hydrogen-bond donors (Lipinski definition) is 1. The van der Waals surface area contributed by atoms with Gasteiger partial charge in [-0.1, -0.05) is 19.9 Å². The van der Waals surface area contributed by atoms with Gasteiger partial charge in [-0.05, 0) is 47.9 Å². The third kappa shape index (κ3) is 3.92. The van der Waals surface area contributed by atoms with Gasteiger partial charge in [0.05, 0.1) is 0 Å². The molecule has 0 aliphatic rings. The quantitative estimate of drug-likeness (QED) is 0.759. The molecule has 0 unspecified atom stereocenters. The summed E-state index contributed by atoms with van der Waals surface area (Å²) < 4.78 is 28.3. The van der Waals surface area contributed by atoms with Crippen LogP contribution in [0.2, 0.25) is 0 Å². The summed E-state index contributed by atoms with van der Waals surface area (Å²) in [6.07, 6.45) is 2.67. The van der Waals surface area contributed by atoms with Crippen molar-refractivity contribution in [1.29, 1.82) is 0 Å². The minimum atomic E-state index is -0.756. The van der Waals surface area contributed by atoms with Crippen LogP contribution in [-0.2, 0) is 0 Å². The number of benzene rings is 2. The fraction of sp³-hybridized carbons (Fsp3) is 0.150. The van der Waals surface area contributed by atoms with Crippen molar-refractivity contribution in [2.75, 3.05) is 5.32 Å². The Labute approximate surface area is 154 Å². The van der Waals surface area contributed by atoms with E-state index in [4.69, 9.17) is 0 Å². The Morgan fingerprint density at radius 3 is 2.44 bits per heavy atom. The first-order valence-corrected chi connectivity index (χ1v) is 8.31. The largest absolute Gasteiger partial charge is 0.320 e. The monoisotopic (exact) mass is 369 g/mol. The van der Waals surface area contributed by atoms with Crippen LogP contribution in [-0.4, -0.2) is 15.5 Å². The van der Waals surface area contributed by atoms with Crippen LogP contribution in [0.25, 0.3) is 5.69 Å². The molecule has 3 aromatic rings. The average Bonchev–Trinajstić information content (AvgIpc) is 2.62. The highest BCUT2D eigenvalue weighted by molar-refractivity contribution is 6.02. The predicted octanol–water partition coefficient (Wildman–Crippen LogP) is 3.89. The van der Waals surface area contributed by atoms with Gasteiger partial charge >= 0.3 is 0 Å². The van der Waals surface area contributed by atoms with Crippen molar-refractivity contribution >= 4 is 11.6 Å². The van der Waals surface area contributed by atoms with Crippen LogP contribution in [0.15, 0.2) is 59.7 Å². The van der Waals surface area contributed by atoms with Crippen LogP contribution in [0.4, 0.5) is 14.5 Å². The summed E-state index contributed by atoms with van der Waals surface area (Å²) >= 11 is 0. The maximum absolute atomic E-state index is 14.1. The number of nitrogens with zero attached hydrogens (tertiary/aromatic N) is 2. The van der Waals surface area contributed by atoms with Gasteiger partial charge in [-0.3, -0.25) is 14.2 Å². The van der Waals surface area contributed by atoms with Crippen LogP contribution >= 0.6 is 0 Å². The van der Waals surface area contributed by atoms with Gasteiger partial charge in [0.15, 0.2) is 5.69 Å². The van der Waals surface area contributed by atoms with Crippen LogP contribution in [0.3, 0.4) is 0 Å². The molecule has 0 atom stereocenters. The zero-order valence-corrected chi connectivity index (χ0v) is 14.7. The maximum Gasteiger partial charge on any atom is 0.286 e. The van der Waals surface area contributed by atoms with E-state index < -0.39 is 23.1 Å². The second-order valence-corrected chi connectivity index (χ2v) is 6.27. The summed E-state index contributed by atoms with van der Waals surface area (Å²) in [6, 6.07) is 9.61. The van der Waals surface area contributed by atoms with Crippen molar-refractivity contribution in [3.8, 4) is 5.69 Å². The molecule has 0 saturated carbocycles. The molecule has 1 heterocycles. The minimum absolute atomic E-state index is 0.00783. The van der Waals surface area contributed by atoms with E-state index in [0.29, 0.717) is 11.3 Å². The molecule has 5 nitrogen and oxygen atoms in total. The lowest BCUT2D eigenvalue weighted by atomic mass is 10.0. The van der Waals surface area contributed by atoms with E-state index in [2.05, 4.69) is 10.3 Å². The van der Waals surface area contributed by atoms with Gasteiger partial charge in [0.1, 0.15) is 11.6 Å². The van der Waals surface area contributed by atoms with E-state index in [0.717, 1.165) is 0 Å². The van der Waals surface area contributed by atoms with Gasteiger partial charge in [-0.15, -0.1) is 0 Å². The number of nitrogens with one attached hydrogen (secondary N) is 1. The molecule has 138 valence electrons. The van der Waals surface area contributed by atoms with Gasteiger partial charge in [0.25, 0.3) is 11.5 Å². The lowest BCUT2D eigenvalue weighted by Gasteiger charge is -2.10. The number of halogens is 2. The second-order valence-electron chi connectivity index (χ2n) is 6.27. The normalized spacial score (nSPS) is 10.9. The van der Waals surface area contributed by atoms with Crippen LogP contribution in [0, 0.1) is 11.6 Å². The maximum atomic E-state index is 14.1. The molecule has 1 amide bonds. The first kappa shape index (κ1) is 18.4. The molecule has 2 aromatic carbocycles. The molecule has 7 heteroatoms. The van der Waals surface area contributed by atoms with E-state index in [9.17, 15) is 18.4 Å². The Hall–Kier alpha value is -3.35. The molecule has 0 radical (unpaired) electrons. The highest BCUT2D eigenvalue weighted by Crippen LogP contribution is 2.21. The molecule has 3 rings (SSSR count). The molecule has 0 aliphatic heterocycles. The Morgan fingerprint density at radius 1 is 1.11 bits per heavy atom. The number of carbonyl (C=O) groups is 1. The lowest BCUT2D eigenvalue weighted by molar-refractivity contribution is 0.102. The number of aromatic nitrogens is 2. The number of rotatable bonds is 4. The van der Waals surface area contributed by atoms with Crippen molar-refractivity contribution in [3.63, 3.8) is 0 Å². The summed E-state index contributed by atoms with van der Waals surface area (Å²) in [5.41, 5.74) is 0.131. The Kier molecular flexibility index (Phi) is 5.12. The van der Waals surface area contributed by atoms with E-state index in [-0.39, 0.29) is 17.3 Å². The molecule has 0 fully saturated rings. The first-order valence-electron chi connectivity index (χ1n) is 8.31.